The van der Waals surface area contributed by atoms with Crippen LogP contribution < -0.4 is 11.1 Å². The highest BCUT2D eigenvalue weighted by Gasteiger charge is 2.53. The molecule has 0 amide bonds. The van der Waals surface area contributed by atoms with Gasteiger partial charge in [0.1, 0.15) is 5.00 Å². The highest BCUT2D eigenvalue weighted by atomic mass is 32.2. The number of carbonyl (C=O) groups is 1. The van der Waals surface area contributed by atoms with E-state index in [1.165, 1.54) is 37.0 Å². The SMILES string of the molecule is CCC(=O)c1sc(NCC2(C3CC3)CC2)c(SC)c1N. The van der Waals surface area contributed by atoms with E-state index in [4.69, 9.17) is 5.73 Å². The van der Waals surface area contributed by atoms with Gasteiger partial charge in [-0.25, -0.2) is 0 Å². The normalized spacial score (nSPS) is 19.9. The van der Waals surface area contributed by atoms with Crippen molar-refractivity contribution in [1.29, 1.82) is 0 Å². The Morgan fingerprint density at radius 2 is 2.20 bits per heavy atom. The molecule has 3 nitrogen and oxygen atoms in total. The monoisotopic (exact) mass is 310 g/mol. The Kier molecular flexibility index (Phi) is 3.75. The first-order valence-corrected chi connectivity index (χ1v) is 9.38. The second kappa shape index (κ2) is 5.26. The number of ketones is 1. The largest absolute Gasteiger partial charge is 0.396 e. The molecule has 2 aliphatic carbocycles. The molecule has 2 aliphatic rings. The van der Waals surface area contributed by atoms with E-state index in [2.05, 4.69) is 5.32 Å². The first kappa shape index (κ1) is 14.3. The number of Topliss-reactive ketones (excluding diaryl/α,β-unsaturated/α-hetero) is 1. The number of thioether (sulfide) groups is 1. The predicted molar refractivity (Wildman–Crippen MR) is 88.0 cm³/mol. The maximum Gasteiger partial charge on any atom is 0.174 e. The Hall–Kier alpha value is -0.680. The maximum atomic E-state index is 11.9. The van der Waals surface area contributed by atoms with Crippen LogP contribution in [0.1, 0.15) is 48.7 Å². The smallest absolute Gasteiger partial charge is 0.174 e. The summed E-state index contributed by atoms with van der Waals surface area (Å²) in [6.45, 7) is 2.94. The van der Waals surface area contributed by atoms with Crippen molar-refractivity contribution in [1.82, 2.24) is 0 Å². The highest BCUT2D eigenvalue weighted by Crippen LogP contribution is 2.61. The van der Waals surface area contributed by atoms with Gasteiger partial charge in [0, 0.05) is 13.0 Å². The molecule has 2 saturated carbocycles. The minimum atomic E-state index is 0.152. The first-order valence-electron chi connectivity index (χ1n) is 7.34. The van der Waals surface area contributed by atoms with Crippen LogP contribution in [0.3, 0.4) is 0 Å². The standard InChI is InChI=1S/C15H22N2OS2/c1-3-10(18)12-11(16)13(19-2)14(20-12)17-8-15(6-7-15)9-4-5-9/h9,17H,3-8,16H2,1-2H3. The molecule has 1 heterocycles. The van der Waals surface area contributed by atoms with Gasteiger partial charge in [0.05, 0.1) is 15.5 Å². The van der Waals surface area contributed by atoms with Crippen LogP contribution >= 0.6 is 23.1 Å². The van der Waals surface area contributed by atoms with Crippen molar-refractivity contribution in [3.8, 4) is 0 Å². The molecule has 0 unspecified atom stereocenters. The van der Waals surface area contributed by atoms with E-state index in [1.54, 1.807) is 11.8 Å². The van der Waals surface area contributed by atoms with E-state index in [0.29, 0.717) is 17.5 Å². The number of hydrogen-bond acceptors (Lipinski definition) is 5. The van der Waals surface area contributed by atoms with Crippen LogP contribution in [0.2, 0.25) is 0 Å². The van der Waals surface area contributed by atoms with Crippen LogP contribution in [-0.4, -0.2) is 18.6 Å². The molecule has 1 aromatic heterocycles. The third-order valence-corrected chi connectivity index (χ3v) is 6.78. The number of nitrogens with two attached hydrogens (primary N) is 1. The molecule has 0 aliphatic heterocycles. The van der Waals surface area contributed by atoms with Gasteiger partial charge in [-0.2, -0.15) is 0 Å². The van der Waals surface area contributed by atoms with Crippen molar-refractivity contribution in [3.63, 3.8) is 0 Å². The average molecular weight is 310 g/mol. The summed E-state index contributed by atoms with van der Waals surface area (Å²) in [6, 6.07) is 0. The van der Waals surface area contributed by atoms with Crippen LogP contribution in [0.25, 0.3) is 0 Å². The zero-order valence-electron chi connectivity index (χ0n) is 12.1. The topological polar surface area (TPSA) is 55.1 Å². The second-order valence-electron chi connectivity index (χ2n) is 5.97. The van der Waals surface area contributed by atoms with Crippen LogP contribution in [-0.2, 0) is 0 Å². The van der Waals surface area contributed by atoms with Gasteiger partial charge in [-0.05, 0) is 43.3 Å². The van der Waals surface area contributed by atoms with E-state index in [0.717, 1.165) is 27.2 Å². The fourth-order valence-electron chi connectivity index (χ4n) is 2.96. The number of rotatable bonds is 7. The summed E-state index contributed by atoms with van der Waals surface area (Å²) in [5.41, 5.74) is 7.38. The van der Waals surface area contributed by atoms with Gasteiger partial charge < -0.3 is 11.1 Å². The van der Waals surface area contributed by atoms with Gasteiger partial charge in [-0.15, -0.1) is 23.1 Å². The van der Waals surface area contributed by atoms with Crippen molar-refractivity contribution in [2.24, 2.45) is 11.3 Å². The lowest BCUT2D eigenvalue weighted by molar-refractivity contribution is 0.0992. The minimum absolute atomic E-state index is 0.152. The number of nitrogens with one attached hydrogen (secondary N) is 1. The summed E-state index contributed by atoms with van der Waals surface area (Å²) in [5, 5.41) is 4.69. The van der Waals surface area contributed by atoms with Crippen LogP contribution in [0.15, 0.2) is 4.90 Å². The van der Waals surface area contributed by atoms with E-state index in [1.807, 2.05) is 13.2 Å². The summed E-state index contributed by atoms with van der Waals surface area (Å²) < 4.78 is 0. The second-order valence-corrected chi connectivity index (χ2v) is 7.81. The van der Waals surface area contributed by atoms with Gasteiger partial charge in [0.25, 0.3) is 0 Å². The molecule has 2 fully saturated rings. The molecule has 0 atom stereocenters. The number of hydrogen-bond donors (Lipinski definition) is 2. The van der Waals surface area contributed by atoms with Crippen molar-refractivity contribution in [2.75, 3.05) is 23.9 Å². The lowest BCUT2D eigenvalue weighted by Crippen LogP contribution is -2.17. The fourth-order valence-corrected chi connectivity index (χ4v) is 5.00. The van der Waals surface area contributed by atoms with E-state index < -0.39 is 0 Å². The Labute approximate surface area is 128 Å². The molecule has 5 heteroatoms. The number of carbonyl (C=O) groups excluding carboxylic acids is 1. The van der Waals surface area contributed by atoms with Crippen molar-refractivity contribution in [2.45, 2.75) is 43.9 Å². The van der Waals surface area contributed by atoms with Crippen LogP contribution in [0.4, 0.5) is 10.7 Å². The third-order valence-electron chi connectivity index (χ3n) is 4.61. The lowest BCUT2D eigenvalue weighted by atomic mass is 10.0. The van der Waals surface area contributed by atoms with Crippen LogP contribution in [0, 0.1) is 11.3 Å². The third kappa shape index (κ3) is 2.46. The van der Waals surface area contributed by atoms with Gasteiger partial charge in [0.15, 0.2) is 5.78 Å². The zero-order valence-corrected chi connectivity index (χ0v) is 13.8. The Morgan fingerprint density at radius 3 is 2.70 bits per heavy atom. The van der Waals surface area contributed by atoms with Crippen LogP contribution in [0.5, 0.6) is 0 Å². The maximum absolute atomic E-state index is 11.9. The zero-order chi connectivity index (χ0) is 14.3. The predicted octanol–water partition coefficient (Wildman–Crippen LogP) is 4.25. The summed E-state index contributed by atoms with van der Waals surface area (Å²) in [7, 11) is 0. The van der Waals surface area contributed by atoms with Crippen molar-refractivity contribution < 1.29 is 4.79 Å². The van der Waals surface area contributed by atoms with E-state index in [9.17, 15) is 4.79 Å². The first-order chi connectivity index (χ1) is 9.61. The van der Waals surface area contributed by atoms with Crippen molar-refractivity contribution in [3.05, 3.63) is 4.88 Å². The summed E-state index contributed by atoms with van der Waals surface area (Å²) in [5.74, 6) is 1.10. The minimum Gasteiger partial charge on any atom is -0.396 e. The number of nitrogen functional groups attached to an aromatic ring is 1. The molecule has 20 heavy (non-hydrogen) atoms. The van der Waals surface area contributed by atoms with Gasteiger partial charge >= 0.3 is 0 Å². The summed E-state index contributed by atoms with van der Waals surface area (Å²) >= 11 is 3.17. The summed E-state index contributed by atoms with van der Waals surface area (Å²) in [6.07, 6.45) is 8.08. The average Bonchev–Trinajstić information content (AvgIpc) is 3.33. The fraction of sp³-hybridized carbons (Fsp3) is 0.667. The van der Waals surface area contributed by atoms with Gasteiger partial charge in [0.2, 0.25) is 0 Å². The van der Waals surface area contributed by atoms with Gasteiger partial charge in [-0.3, -0.25) is 4.79 Å². The molecule has 110 valence electrons. The summed E-state index contributed by atoms with van der Waals surface area (Å²) in [4.78, 5) is 13.7. The number of anilines is 2. The molecule has 0 aromatic carbocycles. The Bertz CT molecular complexity index is 530. The Balaban J connectivity index is 1.76. The molecular weight excluding hydrogens is 288 g/mol. The quantitative estimate of drug-likeness (QED) is 0.584. The molecule has 0 radical (unpaired) electrons. The molecule has 3 N–H and O–H groups in total. The molecule has 0 saturated heterocycles. The molecule has 0 spiro atoms. The molecule has 3 rings (SSSR count). The van der Waals surface area contributed by atoms with Crippen molar-refractivity contribution >= 4 is 39.6 Å². The highest BCUT2D eigenvalue weighted by molar-refractivity contribution is 7.99. The Morgan fingerprint density at radius 1 is 1.50 bits per heavy atom. The van der Waals surface area contributed by atoms with Gasteiger partial charge in [-0.1, -0.05) is 6.92 Å². The molecule has 1 aromatic rings. The lowest BCUT2D eigenvalue weighted by Gasteiger charge is -2.15. The number of thiophene rings is 1. The molecular formula is C15H22N2OS2. The van der Waals surface area contributed by atoms with E-state index in [-0.39, 0.29) is 5.78 Å². The molecule has 0 bridgehead atoms. The van der Waals surface area contributed by atoms with E-state index >= 15 is 0 Å².